The Labute approximate surface area is 93.2 Å². The molecular formula is C12H14O4. The Morgan fingerprint density at radius 2 is 2.12 bits per heavy atom. The van der Waals surface area contributed by atoms with E-state index < -0.39 is 17.5 Å². The molecule has 0 heterocycles. The molecule has 1 fully saturated rings. The van der Waals surface area contributed by atoms with Crippen molar-refractivity contribution in [3.05, 3.63) is 29.8 Å². The lowest BCUT2D eigenvalue weighted by atomic mass is 9.68. The van der Waals surface area contributed by atoms with Crippen LogP contribution in [0.1, 0.15) is 18.4 Å². The summed E-state index contributed by atoms with van der Waals surface area (Å²) >= 11 is 0. The number of hydrogen-bond acceptors (Lipinski definition) is 3. The van der Waals surface area contributed by atoms with Gasteiger partial charge in [0.05, 0.1) is 11.5 Å². The predicted octanol–water partition coefficient (Wildman–Crippen LogP) is 1.16. The first-order chi connectivity index (χ1) is 7.48. The second-order valence-corrected chi connectivity index (χ2v) is 4.51. The Hall–Kier alpha value is -1.55. The second kappa shape index (κ2) is 3.79. The number of aromatic hydroxyl groups is 1. The molecule has 0 spiro atoms. The molecule has 2 rings (SSSR count). The van der Waals surface area contributed by atoms with Crippen LogP contribution in [0, 0.1) is 5.92 Å². The van der Waals surface area contributed by atoms with Crippen LogP contribution in [0.25, 0.3) is 0 Å². The van der Waals surface area contributed by atoms with Crippen LogP contribution in [-0.2, 0) is 11.2 Å². The molecule has 0 radical (unpaired) electrons. The first-order valence-electron chi connectivity index (χ1n) is 5.22. The second-order valence-electron chi connectivity index (χ2n) is 4.51. The average molecular weight is 222 g/mol. The lowest BCUT2D eigenvalue weighted by Gasteiger charge is -2.41. The SMILES string of the molecule is O=C(O)C1CC(O)(Cc2cccc(O)c2)C1. The Balaban J connectivity index is 1.99. The smallest absolute Gasteiger partial charge is 0.306 e. The van der Waals surface area contributed by atoms with Crippen molar-refractivity contribution in [1.82, 2.24) is 0 Å². The van der Waals surface area contributed by atoms with E-state index in [0.29, 0.717) is 6.42 Å². The van der Waals surface area contributed by atoms with E-state index >= 15 is 0 Å². The molecule has 4 nitrogen and oxygen atoms in total. The number of hydrogen-bond donors (Lipinski definition) is 3. The van der Waals surface area contributed by atoms with Gasteiger partial charge in [0.25, 0.3) is 0 Å². The molecular weight excluding hydrogens is 208 g/mol. The molecule has 1 aliphatic carbocycles. The number of rotatable bonds is 3. The van der Waals surface area contributed by atoms with E-state index in [4.69, 9.17) is 5.11 Å². The third-order valence-electron chi connectivity index (χ3n) is 3.05. The molecule has 1 aliphatic rings. The van der Waals surface area contributed by atoms with Gasteiger partial charge in [-0.1, -0.05) is 12.1 Å². The molecule has 0 atom stereocenters. The predicted molar refractivity (Wildman–Crippen MR) is 57.1 cm³/mol. The summed E-state index contributed by atoms with van der Waals surface area (Å²) in [4.78, 5) is 10.6. The van der Waals surface area contributed by atoms with E-state index in [9.17, 15) is 15.0 Å². The number of aliphatic hydroxyl groups is 1. The van der Waals surface area contributed by atoms with Crippen molar-refractivity contribution in [2.24, 2.45) is 5.92 Å². The highest BCUT2D eigenvalue weighted by molar-refractivity contribution is 5.71. The molecule has 0 saturated heterocycles. The van der Waals surface area contributed by atoms with E-state index in [-0.39, 0.29) is 18.6 Å². The fraction of sp³-hybridized carbons (Fsp3) is 0.417. The summed E-state index contributed by atoms with van der Waals surface area (Å²) in [7, 11) is 0. The molecule has 0 aliphatic heterocycles. The Kier molecular flexibility index (Phi) is 2.59. The lowest BCUT2D eigenvalue weighted by molar-refractivity contribution is -0.158. The maximum atomic E-state index is 10.6. The Bertz CT molecular complexity index is 407. The van der Waals surface area contributed by atoms with Gasteiger partial charge in [-0.3, -0.25) is 4.79 Å². The van der Waals surface area contributed by atoms with Crippen molar-refractivity contribution in [1.29, 1.82) is 0 Å². The zero-order valence-corrected chi connectivity index (χ0v) is 8.76. The first-order valence-corrected chi connectivity index (χ1v) is 5.22. The minimum atomic E-state index is -0.920. The molecule has 1 aromatic rings. The van der Waals surface area contributed by atoms with Gasteiger partial charge in [0.2, 0.25) is 0 Å². The molecule has 1 aromatic carbocycles. The van der Waals surface area contributed by atoms with Gasteiger partial charge in [-0.25, -0.2) is 0 Å². The van der Waals surface area contributed by atoms with Crippen LogP contribution in [-0.4, -0.2) is 26.9 Å². The van der Waals surface area contributed by atoms with Crippen molar-refractivity contribution in [3.8, 4) is 5.75 Å². The maximum Gasteiger partial charge on any atom is 0.306 e. The van der Waals surface area contributed by atoms with Crippen molar-refractivity contribution in [2.45, 2.75) is 24.9 Å². The van der Waals surface area contributed by atoms with Crippen LogP contribution in [0.3, 0.4) is 0 Å². The molecule has 3 N–H and O–H groups in total. The van der Waals surface area contributed by atoms with Crippen molar-refractivity contribution >= 4 is 5.97 Å². The zero-order chi connectivity index (χ0) is 11.8. The summed E-state index contributed by atoms with van der Waals surface area (Å²) in [5, 5.41) is 28.0. The highest BCUT2D eigenvalue weighted by Gasteiger charge is 2.46. The molecule has 0 unspecified atom stereocenters. The van der Waals surface area contributed by atoms with Crippen LogP contribution in [0.4, 0.5) is 0 Å². The standard InChI is InChI=1S/C12H14O4/c13-10-3-1-2-8(4-10)5-12(16)6-9(7-12)11(14)15/h1-4,9,13,16H,5-7H2,(H,14,15). The first kappa shape index (κ1) is 11.0. The summed E-state index contributed by atoms with van der Waals surface area (Å²) in [6, 6.07) is 6.67. The fourth-order valence-electron chi connectivity index (χ4n) is 2.22. The van der Waals surface area contributed by atoms with Crippen molar-refractivity contribution in [2.75, 3.05) is 0 Å². The average Bonchev–Trinajstić information content (AvgIpc) is 2.13. The van der Waals surface area contributed by atoms with Crippen molar-refractivity contribution < 1.29 is 20.1 Å². The summed E-state index contributed by atoms with van der Waals surface area (Å²) in [5.74, 6) is -1.11. The van der Waals surface area contributed by atoms with Crippen LogP contribution in [0.5, 0.6) is 5.75 Å². The van der Waals surface area contributed by atoms with Gasteiger partial charge in [-0.05, 0) is 30.5 Å². The van der Waals surface area contributed by atoms with Gasteiger partial charge < -0.3 is 15.3 Å². The highest BCUT2D eigenvalue weighted by Crippen LogP contribution is 2.40. The van der Waals surface area contributed by atoms with E-state index in [0.717, 1.165) is 5.56 Å². The van der Waals surface area contributed by atoms with Crippen LogP contribution in [0.15, 0.2) is 24.3 Å². The van der Waals surface area contributed by atoms with Gasteiger partial charge in [-0.2, -0.15) is 0 Å². The van der Waals surface area contributed by atoms with Gasteiger partial charge in [0, 0.05) is 6.42 Å². The van der Waals surface area contributed by atoms with E-state index in [2.05, 4.69) is 0 Å². The largest absolute Gasteiger partial charge is 0.508 e. The molecule has 0 amide bonds. The van der Waals surface area contributed by atoms with Crippen molar-refractivity contribution in [3.63, 3.8) is 0 Å². The topological polar surface area (TPSA) is 77.8 Å². The summed E-state index contributed by atoms with van der Waals surface area (Å²) in [5.41, 5.74) is -0.0945. The molecule has 0 aromatic heterocycles. The number of phenolic OH excluding ortho intramolecular Hbond substituents is 1. The summed E-state index contributed by atoms with van der Waals surface area (Å²) in [6.45, 7) is 0. The quantitative estimate of drug-likeness (QED) is 0.717. The van der Waals surface area contributed by atoms with E-state index in [1.54, 1.807) is 18.2 Å². The molecule has 4 heteroatoms. The normalized spacial score (nSPS) is 28.4. The number of benzene rings is 1. The number of phenols is 1. The molecule has 0 bridgehead atoms. The number of carboxylic acid groups (broad SMARTS) is 1. The zero-order valence-electron chi connectivity index (χ0n) is 8.76. The van der Waals surface area contributed by atoms with Gasteiger partial charge >= 0.3 is 5.97 Å². The fourth-order valence-corrected chi connectivity index (χ4v) is 2.22. The third-order valence-corrected chi connectivity index (χ3v) is 3.05. The minimum absolute atomic E-state index is 0.162. The monoisotopic (exact) mass is 222 g/mol. The molecule has 86 valence electrons. The Morgan fingerprint density at radius 1 is 1.44 bits per heavy atom. The van der Waals surface area contributed by atoms with Crippen LogP contribution in [0.2, 0.25) is 0 Å². The minimum Gasteiger partial charge on any atom is -0.508 e. The van der Waals surface area contributed by atoms with Gasteiger partial charge in [0.1, 0.15) is 5.75 Å². The van der Waals surface area contributed by atoms with Gasteiger partial charge in [-0.15, -0.1) is 0 Å². The molecule has 16 heavy (non-hydrogen) atoms. The summed E-state index contributed by atoms with van der Waals surface area (Å²) in [6.07, 6.45) is 0.973. The van der Waals surface area contributed by atoms with Gasteiger partial charge in [0.15, 0.2) is 0 Å². The Morgan fingerprint density at radius 3 is 2.69 bits per heavy atom. The van der Waals surface area contributed by atoms with E-state index in [1.807, 2.05) is 6.07 Å². The van der Waals surface area contributed by atoms with E-state index in [1.165, 1.54) is 0 Å². The summed E-state index contributed by atoms with van der Waals surface area (Å²) < 4.78 is 0. The number of carboxylic acids is 1. The maximum absolute atomic E-state index is 10.6. The lowest BCUT2D eigenvalue weighted by Crippen LogP contribution is -2.48. The number of aliphatic carboxylic acids is 1. The molecule has 1 saturated carbocycles. The highest BCUT2D eigenvalue weighted by atomic mass is 16.4. The third kappa shape index (κ3) is 2.17. The van der Waals surface area contributed by atoms with Crippen LogP contribution >= 0.6 is 0 Å². The number of carbonyl (C=O) groups is 1. The van der Waals surface area contributed by atoms with Crippen LogP contribution < -0.4 is 0 Å².